The zero-order valence-electron chi connectivity index (χ0n) is 15.8. The van der Waals surface area contributed by atoms with Crippen molar-refractivity contribution in [2.45, 2.75) is 0 Å². The second-order valence-corrected chi connectivity index (χ2v) is 7.30. The molecule has 0 aliphatic carbocycles. The van der Waals surface area contributed by atoms with E-state index in [9.17, 15) is 0 Å². The topological polar surface area (TPSA) is 17.8 Å². The summed E-state index contributed by atoms with van der Waals surface area (Å²) in [5, 5.41) is 5.08. The summed E-state index contributed by atoms with van der Waals surface area (Å²) in [6, 6.07) is 36.2. The van der Waals surface area contributed by atoms with E-state index in [1.807, 2.05) is 12.3 Å². The maximum absolute atomic E-state index is 4.84. The summed E-state index contributed by atoms with van der Waals surface area (Å²) in [6.07, 6.45) is 1.96. The van der Waals surface area contributed by atoms with Crippen molar-refractivity contribution in [3.63, 3.8) is 0 Å². The van der Waals surface area contributed by atoms with Crippen LogP contribution in [0.2, 0.25) is 0 Å². The molecule has 0 spiro atoms. The highest BCUT2D eigenvalue weighted by Crippen LogP contribution is 2.36. The molecule has 29 heavy (non-hydrogen) atoms. The molecule has 0 amide bonds. The molecule has 0 radical (unpaired) electrons. The van der Waals surface area contributed by atoms with Crippen molar-refractivity contribution in [3.8, 4) is 16.9 Å². The summed E-state index contributed by atoms with van der Waals surface area (Å²) in [4.78, 5) is 4.84. The van der Waals surface area contributed by atoms with E-state index in [1.165, 1.54) is 38.1 Å². The molecule has 6 aromatic rings. The van der Waals surface area contributed by atoms with Gasteiger partial charge in [0, 0.05) is 22.5 Å². The van der Waals surface area contributed by atoms with Gasteiger partial charge in [-0.05, 0) is 40.6 Å². The number of rotatable bonds is 2. The van der Waals surface area contributed by atoms with Crippen LogP contribution in [0.5, 0.6) is 0 Å². The van der Waals surface area contributed by atoms with Crippen LogP contribution in [0.15, 0.2) is 109 Å². The van der Waals surface area contributed by atoms with Crippen LogP contribution >= 0.6 is 0 Å². The third kappa shape index (κ3) is 2.46. The van der Waals surface area contributed by atoms with E-state index in [1.54, 1.807) is 0 Å². The number of hydrogen-bond donors (Lipinski definition) is 0. The Morgan fingerprint density at radius 1 is 0.517 bits per heavy atom. The minimum Gasteiger partial charge on any atom is -0.294 e. The average molecular weight is 370 g/mol. The molecule has 4 aromatic carbocycles. The van der Waals surface area contributed by atoms with Crippen LogP contribution in [0, 0.1) is 0 Å². The quantitative estimate of drug-likeness (QED) is 0.321. The van der Waals surface area contributed by atoms with Crippen molar-refractivity contribution in [1.29, 1.82) is 0 Å². The molecule has 0 aliphatic heterocycles. The lowest BCUT2D eigenvalue weighted by atomic mass is 10.0. The van der Waals surface area contributed by atoms with Crippen molar-refractivity contribution in [2.24, 2.45) is 0 Å². The van der Waals surface area contributed by atoms with Gasteiger partial charge in [-0.2, -0.15) is 0 Å². The fourth-order valence-electron chi connectivity index (χ4n) is 4.31. The molecule has 2 heterocycles. The number of fused-ring (bicyclic) bond motifs is 5. The van der Waals surface area contributed by atoms with Crippen LogP contribution < -0.4 is 0 Å². The number of benzene rings is 4. The molecular weight excluding hydrogens is 352 g/mol. The first kappa shape index (κ1) is 16.1. The van der Waals surface area contributed by atoms with Crippen molar-refractivity contribution in [2.75, 3.05) is 0 Å². The first-order valence-corrected chi connectivity index (χ1v) is 9.83. The summed E-state index contributed by atoms with van der Waals surface area (Å²) in [6.45, 7) is 0. The summed E-state index contributed by atoms with van der Waals surface area (Å²) >= 11 is 0. The Bertz CT molecular complexity index is 1480. The number of pyridine rings is 1. The Balaban J connectivity index is 1.64. The predicted octanol–water partition coefficient (Wildman–Crippen LogP) is 7.00. The van der Waals surface area contributed by atoms with Gasteiger partial charge in [-0.15, -0.1) is 0 Å². The fourth-order valence-corrected chi connectivity index (χ4v) is 4.31. The van der Waals surface area contributed by atoms with Crippen LogP contribution in [0.3, 0.4) is 0 Å². The molecule has 0 fully saturated rings. The molecule has 0 bridgehead atoms. The summed E-state index contributed by atoms with van der Waals surface area (Å²) in [5.41, 5.74) is 4.67. The Morgan fingerprint density at radius 2 is 1.28 bits per heavy atom. The van der Waals surface area contributed by atoms with Crippen LogP contribution in [-0.4, -0.2) is 9.55 Å². The molecule has 6 rings (SSSR count). The molecule has 2 aromatic heterocycles. The second-order valence-electron chi connectivity index (χ2n) is 7.30. The molecule has 0 saturated carbocycles. The molecule has 0 atom stereocenters. The minimum absolute atomic E-state index is 0.936. The molecule has 2 heteroatoms. The van der Waals surface area contributed by atoms with Crippen LogP contribution in [0.1, 0.15) is 0 Å². The maximum Gasteiger partial charge on any atom is 0.137 e. The van der Waals surface area contributed by atoms with Gasteiger partial charge in [-0.25, -0.2) is 4.98 Å². The first-order valence-electron chi connectivity index (χ1n) is 9.83. The van der Waals surface area contributed by atoms with Gasteiger partial charge in [0.1, 0.15) is 5.82 Å². The van der Waals surface area contributed by atoms with E-state index >= 15 is 0 Å². The fraction of sp³-hybridized carbons (Fsp3) is 0. The molecule has 0 saturated heterocycles. The highest BCUT2D eigenvalue weighted by molar-refractivity contribution is 6.21. The summed E-state index contributed by atoms with van der Waals surface area (Å²) in [5.74, 6) is 0.936. The van der Waals surface area contributed by atoms with Crippen LogP contribution in [-0.2, 0) is 0 Å². The van der Waals surface area contributed by atoms with Gasteiger partial charge in [0.2, 0.25) is 0 Å². The standard InChI is InChI=1S/C27H18N2/c1-2-8-19(9-3-1)21-15-17-26(28-18-21)29-24-13-7-6-12-23(24)27-22-11-5-4-10-20(22)14-16-25(27)29/h1-18H. The Hall–Kier alpha value is -3.91. The second kappa shape index (κ2) is 6.32. The normalized spacial score (nSPS) is 11.4. The molecule has 0 aliphatic rings. The van der Waals surface area contributed by atoms with Crippen LogP contribution in [0.25, 0.3) is 49.5 Å². The zero-order valence-corrected chi connectivity index (χ0v) is 15.8. The number of aromatic nitrogens is 2. The van der Waals surface area contributed by atoms with Gasteiger partial charge in [0.25, 0.3) is 0 Å². The summed E-state index contributed by atoms with van der Waals surface area (Å²) in [7, 11) is 0. The molecule has 2 nitrogen and oxygen atoms in total. The van der Waals surface area contributed by atoms with Gasteiger partial charge >= 0.3 is 0 Å². The van der Waals surface area contributed by atoms with Crippen molar-refractivity contribution < 1.29 is 0 Å². The monoisotopic (exact) mass is 370 g/mol. The number of hydrogen-bond acceptors (Lipinski definition) is 1. The smallest absolute Gasteiger partial charge is 0.137 e. The number of para-hydroxylation sites is 1. The van der Waals surface area contributed by atoms with E-state index in [0.29, 0.717) is 0 Å². The van der Waals surface area contributed by atoms with E-state index < -0.39 is 0 Å². The third-order valence-corrected chi connectivity index (χ3v) is 5.65. The predicted molar refractivity (Wildman–Crippen MR) is 122 cm³/mol. The Morgan fingerprint density at radius 3 is 2.10 bits per heavy atom. The zero-order chi connectivity index (χ0) is 19.2. The Kier molecular flexibility index (Phi) is 3.50. The van der Waals surface area contributed by atoms with E-state index in [4.69, 9.17) is 4.98 Å². The SMILES string of the molecule is c1ccc(-c2ccc(-n3c4ccccc4c4c5ccccc5ccc43)nc2)cc1. The van der Waals surface area contributed by atoms with E-state index in [-0.39, 0.29) is 0 Å². The molecule has 136 valence electrons. The highest BCUT2D eigenvalue weighted by atomic mass is 15.1. The van der Waals surface area contributed by atoms with Crippen molar-refractivity contribution in [1.82, 2.24) is 9.55 Å². The lowest BCUT2D eigenvalue weighted by molar-refractivity contribution is 1.08. The van der Waals surface area contributed by atoms with Gasteiger partial charge in [0.15, 0.2) is 0 Å². The van der Waals surface area contributed by atoms with E-state index in [0.717, 1.165) is 11.4 Å². The minimum atomic E-state index is 0.936. The van der Waals surface area contributed by atoms with Crippen LogP contribution in [0.4, 0.5) is 0 Å². The highest BCUT2D eigenvalue weighted by Gasteiger charge is 2.14. The van der Waals surface area contributed by atoms with Crippen molar-refractivity contribution in [3.05, 3.63) is 109 Å². The van der Waals surface area contributed by atoms with Gasteiger partial charge < -0.3 is 0 Å². The molecule has 0 N–H and O–H groups in total. The average Bonchev–Trinajstić information content (AvgIpc) is 3.15. The maximum atomic E-state index is 4.84. The van der Waals surface area contributed by atoms with E-state index in [2.05, 4.69) is 102 Å². The third-order valence-electron chi connectivity index (χ3n) is 5.65. The van der Waals surface area contributed by atoms with Gasteiger partial charge in [-0.1, -0.05) is 78.9 Å². The van der Waals surface area contributed by atoms with Gasteiger partial charge in [-0.3, -0.25) is 4.57 Å². The largest absolute Gasteiger partial charge is 0.294 e. The van der Waals surface area contributed by atoms with Gasteiger partial charge in [0.05, 0.1) is 11.0 Å². The lowest BCUT2D eigenvalue weighted by Crippen LogP contribution is -1.97. The molecular formula is C27H18N2. The Labute approximate surface area is 168 Å². The first-order chi connectivity index (χ1) is 14.4. The number of nitrogens with zero attached hydrogens (tertiary/aromatic N) is 2. The summed E-state index contributed by atoms with van der Waals surface area (Å²) < 4.78 is 2.27. The lowest BCUT2D eigenvalue weighted by Gasteiger charge is -2.08. The van der Waals surface area contributed by atoms with Crippen molar-refractivity contribution >= 4 is 32.6 Å². The molecule has 0 unspecified atom stereocenters.